The number of sulfonamides is 1. The standard InChI is InChI=1S/C22H28N2O3S2/c1-4-28-16-19-6-8-20(9-7-19)22(25)23-11-13-24(14-12-23)29(26,27)21-10-5-17(2)18(3)15-21/h5-10,15H,4,11-14,16H2,1-3H3. The Balaban J connectivity index is 1.63. The van der Waals surface area contributed by atoms with Crippen molar-refractivity contribution in [1.29, 1.82) is 0 Å². The van der Waals surface area contributed by atoms with E-state index in [4.69, 9.17) is 0 Å². The minimum absolute atomic E-state index is 0.0390. The van der Waals surface area contributed by atoms with Crippen molar-refractivity contribution >= 4 is 27.7 Å². The monoisotopic (exact) mass is 432 g/mol. The highest BCUT2D eigenvalue weighted by atomic mass is 32.2. The summed E-state index contributed by atoms with van der Waals surface area (Å²) in [5.74, 6) is 1.97. The lowest BCUT2D eigenvalue weighted by atomic mass is 10.1. The number of amides is 1. The smallest absolute Gasteiger partial charge is 0.253 e. The van der Waals surface area contributed by atoms with Crippen LogP contribution in [0.5, 0.6) is 0 Å². The summed E-state index contributed by atoms with van der Waals surface area (Å²) in [6, 6.07) is 12.9. The minimum atomic E-state index is -3.54. The molecular weight excluding hydrogens is 404 g/mol. The maximum Gasteiger partial charge on any atom is 0.253 e. The largest absolute Gasteiger partial charge is 0.336 e. The molecule has 1 aliphatic heterocycles. The van der Waals surface area contributed by atoms with Gasteiger partial charge in [-0.1, -0.05) is 25.1 Å². The Bertz CT molecular complexity index is 964. The van der Waals surface area contributed by atoms with E-state index in [0.717, 1.165) is 22.6 Å². The molecule has 0 bridgehead atoms. The van der Waals surface area contributed by atoms with Gasteiger partial charge in [0.2, 0.25) is 10.0 Å². The van der Waals surface area contributed by atoms with Gasteiger partial charge in [-0.05, 0) is 60.6 Å². The van der Waals surface area contributed by atoms with Gasteiger partial charge in [0.25, 0.3) is 5.91 Å². The van der Waals surface area contributed by atoms with Crippen LogP contribution in [0.2, 0.25) is 0 Å². The van der Waals surface area contributed by atoms with Gasteiger partial charge in [-0.2, -0.15) is 16.1 Å². The van der Waals surface area contributed by atoms with E-state index in [1.807, 2.05) is 55.9 Å². The zero-order chi connectivity index (χ0) is 21.0. The van der Waals surface area contributed by atoms with E-state index in [2.05, 4.69) is 6.92 Å². The Morgan fingerprint density at radius 2 is 1.62 bits per heavy atom. The number of hydrogen-bond donors (Lipinski definition) is 0. The highest BCUT2D eigenvalue weighted by Crippen LogP contribution is 2.21. The van der Waals surface area contributed by atoms with Gasteiger partial charge in [-0.3, -0.25) is 4.79 Å². The summed E-state index contributed by atoms with van der Waals surface area (Å²) in [6.07, 6.45) is 0. The zero-order valence-electron chi connectivity index (χ0n) is 17.2. The molecule has 7 heteroatoms. The number of aryl methyl sites for hydroxylation is 2. The fourth-order valence-corrected chi connectivity index (χ4v) is 5.44. The van der Waals surface area contributed by atoms with E-state index in [0.29, 0.717) is 36.6 Å². The molecule has 0 saturated carbocycles. The Labute approximate surface area is 178 Å². The zero-order valence-corrected chi connectivity index (χ0v) is 18.9. The molecule has 0 N–H and O–H groups in total. The Hall–Kier alpha value is -1.83. The first kappa shape index (κ1) is 21.9. The summed E-state index contributed by atoms with van der Waals surface area (Å²) >= 11 is 1.85. The third-order valence-corrected chi connectivity index (χ3v) is 8.16. The Morgan fingerprint density at radius 3 is 2.21 bits per heavy atom. The van der Waals surface area contributed by atoms with Gasteiger partial charge in [0, 0.05) is 37.5 Å². The van der Waals surface area contributed by atoms with Crippen LogP contribution in [0.4, 0.5) is 0 Å². The highest BCUT2D eigenvalue weighted by molar-refractivity contribution is 7.98. The van der Waals surface area contributed by atoms with Crippen molar-refractivity contribution in [3.8, 4) is 0 Å². The predicted octanol–water partition coefficient (Wildman–Crippen LogP) is 3.70. The van der Waals surface area contributed by atoms with E-state index < -0.39 is 10.0 Å². The number of benzene rings is 2. The van der Waals surface area contributed by atoms with Gasteiger partial charge in [-0.25, -0.2) is 8.42 Å². The Morgan fingerprint density at radius 1 is 0.966 bits per heavy atom. The van der Waals surface area contributed by atoms with Crippen molar-refractivity contribution in [2.75, 3.05) is 31.9 Å². The van der Waals surface area contributed by atoms with Crippen LogP contribution in [0.25, 0.3) is 0 Å². The number of carbonyl (C=O) groups excluding carboxylic acids is 1. The summed E-state index contributed by atoms with van der Waals surface area (Å²) in [7, 11) is -3.54. The molecule has 1 saturated heterocycles. The van der Waals surface area contributed by atoms with Crippen LogP contribution < -0.4 is 0 Å². The second kappa shape index (κ2) is 9.32. The van der Waals surface area contributed by atoms with E-state index in [1.54, 1.807) is 17.0 Å². The molecule has 29 heavy (non-hydrogen) atoms. The second-order valence-corrected chi connectivity index (χ2v) is 10.5. The summed E-state index contributed by atoms with van der Waals surface area (Å²) in [5, 5.41) is 0. The maximum absolute atomic E-state index is 12.9. The summed E-state index contributed by atoms with van der Waals surface area (Å²) in [4.78, 5) is 14.8. The molecule has 0 aromatic heterocycles. The molecule has 5 nitrogen and oxygen atoms in total. The van der Waals surface area contributed by atoms with Crippen molar-refractivity contribution < 1.29 is 13.2 Å². The van der Waals surface area contributed by atoms with Crippen LogP contribution in [0, 0.1) is 13.8 Å². The number of nitrogens with zero attached hydrogens (tertiary/aromatic N) is 2. The lowest BCUT2D eigenvalue weighted by molar-refractivity contribution is 0.0698. The lowest BCUT2D eigenvalue weighted by Crippen LogP contribution is -2.50. The van der Waals surface area contributed by atoms with Crippen LogP contribution >= 0.6 is 11.8 Å². The first-order valence-electron chi connectivity index (χ1n) is 9.86. The van der Waals surface area contributed by atoms with Gasteiger partial charge in [0.1, 0.15) is 0 Å². The van der Waals surface area contributed by atoms with Crippen LogP contribution in [-0.4, -0.2) is 55.5 Å². The summed E-state index contributed by atoms with van der Waals surface area (Å²) < 4.78 is 27.4. The summed E-state index contributed by atoms with van der Waals surface area (Å²) in [5.41, 5.74) is 3.89. The molecule has 0 spiro atoms. The van der Waals surface area contributed by atoms with Crippen LogP contribution in [-0.2, 0) is 15.8 Å². The Kier molecular flexibility index (Phi) is 7.03. The van der Waals surface area contributed by atoms with Crippen molar-refractivity contribution in [2.45, 2.75) is 31.4 Å². The molecule has 1 aliphatic rings. The average molecular weight is 433 g/mol. The van der Waals surface area contributed by atoms with Crippen molar-refractivity contribution in [2.24, 2.45) is 0 Å². The average Bonchev–Trinajstić information content (AvgIpc) is 2.74. The molecule has 2 aromatic rings. The topological polar surface area (TPSA) is 57.7 Å². The van der Waals surface area contributed by atoms with E-state index in [-0.39, 0.29) is 5.91 Å². The fourth-order valence-electron chi connectivity index (χ4n) is 3.30. The second-order valence-electron chi connectivity index (χ2n) is 7.28. The van der Waals surface area contributed by atoms with Gasteiger partial charge in [0.05, 0.1) is 4.90 Å². The SMILES string of the molecule is CCSCc1ccc(C(=O)N2CCN(S(=O)(=O)c3ccc(C)c(C)c3)CC2)cc1. The first-order chi connectivity index (χ1) is 13.8. The number of thioether (sulfide) groups is 1. The number of hydrogen-bond acceptors (Lipinski definition) is 4. The van der Waals surface area contributed by atoms with E-state index in [9.17, 15) is 13.2 Å². The molecule has 0 aliphatic carbocycles. The normalized spacial score (nSPS) is 15.5. The molecule has 0 atom stereocenters. The van der Waals surface area contributed by atoms with E-state index in [1.165, 1.54) is 9.87 Å². The first-order valence-corrected chi connectivity index (χ1v) is 12.5. The number of carbonyl (C=O) groups is 1. The van der Waals surface area contributed by atoms with Crippen LogP contribution in [0.15, 0.2) is 47.4 Å². The molecular formula is C22H28N2O3S2. The molecule has 2 aromatic carbocycles. The van der Waals surface area contributed by atoms with Crippen LogP contribution in [0.1, 0.15) is 34.0 Å². The van der Waals surface area contributed by atoms with Gasteiger partial charge in [-0.15, -0.1) is 0 Å². The third kappa shape index (κ3) is 5.02. The molecule has 0 radical (unpaired) electrons. The maximum atomic E-state index is 12.9. The fraction of sp³-hybridized carbons (Fsp3) is 0.409. The van der Waals surface area contributed by atoms with Crippen LogP contribution in [0.3, 0.4) is 0 Å². The molecule has 156 valence electrons. The highest BCUT2D eigenvalue weighted by Gasteiger charge is 2.30. The molecule has 1 fully saturated rings. The van der Waals surface area contributed by atoms with Gasteiger partial charge in [0.15, 0.2) is 0 Å². The molecule has 1 heterocycles. The van der Waals surface area contributed by atoms with E-state index >= 15 is 0 Å². The number of rotatable bonds is 6. The molecule has 3 rings (SSSR count). The lowest BCUT2D eigenvalue weighted by Gasteiger charge is -2.34. The van der Waals surface area contributed by atoms with Crippen molar-refractivity contribution in [3.63, 3.8) is 0 Å². The van der Waals surface area contributed by atoms with Gasteiger partial charge >= 0.3 is 0 Å². The minimum Gasteiger partial charge on any atom is -0.336 e. The molecule has 0 unspecified atom stereocenters. The summed E-state index contributed by atoms with van der Waals surface area (Å²) in [6.45, 7) is 7.43. The predicted molar refractivity (Wildman–Crippen MR) is 119 cm³/mol. The number of piperazine rings is 1. The third-order valence-electron chi connectivity index (χ3n) is 5.32. The molecule has 1 amide bonds. The quantitative estimate of drug-likeness (QED) is 0.698. The van der Waals surface area contributed by atoms with Crippen molar-refractivity contribution in [1.82, 2.24) is 9.21 Å². The van der Waals surface area contributed by atoms with Gasteiger partial charge < -0.3 is 4.90 Å². The van der Waals surface area contributed by atoms with Crippen molar-refractivity contribution in [3.05, 3.63) is 64.7 Å².